The van der Waals surface area contributed by atoms with Crippen molar-refractivity contribution in [3.05, 3.63) is 41.5 Å². The lowest BCUT2D eigenvalue weighted by atomic mass is 9.83. The van der Waals surface area contributed by atoms with Gasteiger partial charge in [-0.3, -0.25) is 4.79 Å². The molecule has 2 nitrogen and oxygen atoms in total. The summed E-state index contributed by atoms with van der Waals surface area (Å²) in [5.41, 5.74) is 1.66. The van der Waals surface area contributed by atoms with E-state index in [0.29, 0.717) is 18.1 Å². The molecule has 0 saturated carbocycles. The minimum Gasteiger partial charge on any atom is -0.494 e. The van der Waals surface area contributed by atoms with E-state index in [2.05, 4.69) is 33.8 Å². The third-order valence-electron chi connectivity index (χ3n) is 3.36. The molecule has 0 N–H and O–H groups in total. The number of hydrogen-bond donors (Lipinski definition) is 0. The first-order valence-electron chi connectivity index (χ1n) is 7.26. The van der Waals surface area contributed by atoms with Gasteiger partial charge in [0.2, 0.25) is 0 Å². The van der Waals surface area contributed by atoms with Crippen LogP contribution in [0.15, 0.2) is 30.4 Å². The zero-order chi connectivity index (χ0) is 15.2. The van der Waals surface area contributed by atoms with Gasteiger partial charge in [0.15, 0.2) is 0 Å². The molecule has 0 atom stereocenters. The molecule has 20 heavy (non-hydrogen) atoms. The largest absolute Gasteiger partial charge is 0.494 e. The molecular weight excluding hydrogens is 248 g/mol. The van der Waals surface area contributed by atoms with Crippen molar-refractivity contribution in [2.24, 2.45) is 5.92 Å². The van der Waals surface area contributed by atoms with Gasteiger partial charge in [0, 0.05) is 11.0 Å². The molecule has 1 rings (SSSR count). The Labute approximate surface area is 122 Å². The number of ether oxygens (including phenoxy) is 1. The Morgan fingerprint density at radius 2 is 1.95 bits per heavy atom. The van der Waals surface area contributed by atoms with Gasteiger partial charge in [0.25, 0.3) is 0 Å². The fraction of sp³-hybridized carbons (Fsp3) is 0.500. The summed E-state index contributed by atoms with van der Waals surface area (Å²) < 4.78 is 5.79. The molecular formula is C18H26O2. The van der Waals surface area contributed by atoms with Gasteiger partial charge in [0.1, 0.15) is 12.0 Å². The Morgan fingerprint density at radius 1 is 1.25 bits per heavy atom. The molecule has 1 aromatic carbocycles. The van der Waals surface area contributed by atoms with Gasteiger partial charge in [-0.15, -0.1) is 0 Å². The maximum atomic E-state index is 11.1. The Balaban J connectivity index is 2.99. The van der Waals surface area contributed by atoms with Gasteiger partial charge >= 0.3 is 0 Å². The van der Waals surface area contributed by atoms with E-state index in [1.165, 1.54) is 0 Å². The molecule has 0 amide bonds. The molecule has 0 fully saturated rings. The molecule has 0 aliphatic carbocycles. The molecule has 0 bridgehead atoms. The summed E-state index contributed by atoms with van der Waals surface area (Å²) in [4.78, 5) is 11.1. The number of carbonyl (C=O) groups is 1. The number of carbonyl (C=O) groups excluding carboxylic acids is 1. The molecule has 2 heteroatoms. The number of hydrogen-bond acceptors (Lipinski definition) is 2. The third-order valence-corrected chi connectivity index (χ3v) is 3.36. The van der Waals surface area contributed by atoms with E-state index < -0.39 is 0 Å². The van der Waals surface area contributed by atoms with Gasteiger partial charge in [0.05, 0.1) is 6.61 Å². The highest BCUT2D eigenvalue weighted by Crippen LogP contribution is 2.29. The molecule has 0 unspecified atom stereocenters. The Hall–Kier alpha value is -1.57. The van der Waals surface area contributed by atoms with E-state index in [1.807, 2.05) is 31.2 Å². The number of aldehydes is 1. The van der Waals surface area contributed by atoms with Crippen LogP contribution in [0.25, 0.3) is 0 Å². The average molecular weight is 274 g/mol. The van der Waals surface area contributed by atoms with Crippen LogP contribution in [0.5, 0.6) is 5.75 Å². The monoisotopic (exact) mass is 274 g/mol. The fourth-order valence-electron chi connectivity index (χ4n) is 2.07. The first-order valence-corrected chi connectivity index (χ1v) is 7.26. The van der Waals surface area contributed by atoms with Crippen molar-refractivity contribution >= 4 is 6.29 Å². The van der Waals surface area contributed by atoms with Crippen molar-refractivity contribution in [2.75, 3.05) is 6.61 Å². The smallest absolute Gasteiger partial charge is 0.150 e. The lowest BCUT2D eigenvalue weighted by Crippen LogP contribution is -2.14. The van der Waals surface area contributed by atoms with Gasteiger partial charge in [-0.1, -0.05) is 39.8 Å². The van der Waals surface area contributed by atoms with Gasteiger partial charge in [-0.2, -0.15) is 0 Å². The second-order valence-electron chi connectivity index (χ2n) is 6.16. The predicted octanol–water partition coefficient (Wildman–Crippen LogP) is 4.78. The lowest BCUT2D eigenvalue weighted by molar-refractivity contribution is 0.112. The van der Waals surface area contributed by atoms with E-state index in [0.717, 1.165) is 24.0 Å². The summed E-state index contributed by atoms with van der Waals surface area (Å²) in [7, 11) is 0. The summed E-state index contributed by atoms with van der Waals surface area (Å²) >= 11 is 0. The van der Waals surface area contributed by atoms with Crippen molar-refractivity contribution in [1.29, 1.82) is 0 Å². The summed E-state index contributed by atoms with van der Waals surface area (Å²) in [5.74, 6) is 1.39. The maximum absolute atomic E-state index is 11.1. The van der Waals surface area contributed by atoms with Gasteiger partial charge < -0.3 is 4.74 Å². The Kier molecular flexibility index (Phi) is 6.00. The summed E-state index contributed by atoms with van der Waals surface area (Å²) in [6.45, 7) is 11.3. The molecule has 0 aliphatic heterocycles. The van der Waals surface area contributed by atoms with Crippen molar-refractivity contribution in [3.8, 4) is 5.75 Å². The summed E-state index contributed by atoms with van der Waals surface area (Å²) in [6, 6.07) is 5.78. The standard InChI is InChI=1S/C18H26O2/c1-6-8-18(4,5)16-10-15(13-19)11-17(12-16)20-9-7-14(2)3/h6,8,10-14H,7,9H2,1-5H3. The molecule has 0 heterocycles. The van der Waals surface area contributed by atoms with Gasteiger partial charge in [-0.25, -0.2) is 0 Å². The molecule has 0 aliphatic rings. The van der Waals surface area contributed by atoms with Crippen LogP contribution in [0, 0.1) is 5.92 Å². The Bertz CT molecular complexity index is 470. The topological polar surface area (TPSA) is 26.3 Å². The van der Waals surface area contributed by atoms with E-state index in [9.17, 15) is 4.79 Å². The van der Waals surface area contributed by atoms with Crippen LogP contribution in [0.3, 0.4) is 0 Å². The van der Waals surface area contributed by atoms with Crippen LogP contribution in [0.2, 0.25) is 0 Å². The number of allylic oxidation sites excluding steroid dienone is 2. The molecule has 1 aromatic rings. The highest BCUT2D eigenvalue weighted by Gasteiger charge is 2.18. The zero-order valence-corrected chi connectivity index (χ0v) is 13.3. The Morgan fingerprint density at radius 3 is 2.50 bits per heavy atom. The number of benzene rings is 1. The molecule has 0 spiro atoms. The van der Waals surface area contributed by atoms with E-state index >= 15 is 0 Å². The average Bonchev–Trinajstić information content (AvgIpc) is 2.38. The van der Waals surface area contributed by atoms with Crippen molar-refractivity contribution < 1.29 is 9.53 Å². The van der Waals surface area contributed by atoms with Crippen molar-refractivity contribution in [1.82, 2.24) is 0 Å². The SMILES string of the molecule is CC=CC(C)(C)c1cc(C=O)cc(OCCC(C)C)c1. The maximum Gasteiger partial charge on any atom is 0.150 e. The normalized spacial score (nSPS) is 12.1. The van der Waals surface area contributed by atoms with E-state index in [-0.39, 0.29) is 5.41 Å². The first-order chi connectivity index (χ1) is 9.39. The second-order valence-corrected chi connectivity index (χ2v) is 6.16. The van der Waals surface area contributed by atoms with Crippen molar-refractivity contribution in [3.63, 3.8) is 0 Å². The highest BCUT2D eigenvalue weighted by molar-refractivity contribution is 5.76. The van der Waals surface area contributed by atoms with Crippen LogP contribution in [0.1, 0.15) is 57.0 Å². The zero-order valence-electron chi connectivity index (χ0n) is 13.3. The third kappa shape index (κ3) is 4.84. The van der Waals surface area contributed by atoms with Crippen LogP contribution in [-0.2, 0) is 5.41 Å². The van der Waals surface area contributed by atoms with Gasteiger partial charge in [-0.05, 0) is 43.0 Å². The minimum atomic E-state index is -0.107. The van der Waals surface area contributed by atoms with Crippen LogP contribution >= 0.6 is 0 Å². The quantitative estimate of drug-likeness (QED) is 0.528. The minimum absolute atomic E-state index is 0.107. The summed E-state index contributed by atoms with van der Waals surface area (Å²) in [6.07, 6.45) is 6.06. The molecule has 110 valence electrons. The second kappa shape index (κ2) is 7.28. The predicted molar refractivity (Wildman–Crippen MR) is 84.6 cm³/mol. The fourth-order valence-corrected chi connectivity index (χ4v) is 2.07. The highest BCUT2D eigenvalue weighted by atomic mass is 16.5. The van der Waals surface area contributed by atoms with E-state index in [1.54, 1.807) is 0 Å². The molecule has 0 radical (unpaired) electrons. The molecule has 0 aromatic heterocycles. The van der Waals surface area contributed by atoms with Crippen molar-refractivity contribution in [2.45, 2.75) is 46.5 Å². The van der Waals surface area contributed by atoms with E-state index in [4.69, 9.17) is 4.74 Å². The van der Waals surface area contributed by atoms with Crippen LogP contribution in [0.4, 0.5) is 0 Å². The first kappa shape index (κ1) is 16.5. The summed E-state index contributed by atoms with van der Waals surface area (Å²) in [5, 5.41) is 0. The lowest BCUT2D eigenvalue weighted by Gasteiger charge is -2.22. The van der Waals surface area contributed by atoms with Crippen LogP contribution in [-0.4, -0.2) is 12.9 Å². The number of rotatable bonds is 7. The van der Waals surface area contributed by atoms with Crippen LogP contribution < -0.4 is 4.74 Å². The molecule has 0 saturated heterocycles.